The van der Waals surface area contributed by atoms with Crippen molar-refractivity contribution < 1.29 is 22.7 Å². The van der Waals surface area contributed by atoms with Gasteiger partial charge in [-0.2, -0.15) is 0 Å². The Labute approximate surface area is 229 Å². The fourth-order valence-corrected chi connectivity index (χ4v) is 5.07. The summed E-state index contributed by atoms with van der Waals surface area (Å²) < 4.78 is 31.9. The molecule has 2 aromatic rings. The minimum atomic E-state index is -3.84. The number of hydrogen-bond donors (Lipinski definition) is 1. The lowest BCUT2D eigenvalue weighted by atomic mass is 10.1. The second kappa shape index (κ2) is 13.9. The van der Waals surface area contributed by atoms with Crippen molar-refractivity contribution in [2.24, 2.45) is 0 Å². The van der Waals surface area contributed by atoms with E-state index in [-0.39, 0.29) is 18.5 Å². The number of hydrogen-bond acceptors (Lipinski definition) is 5. The van der Waals surface area contributed by atoms with Crippen molar-refractivity contribution in [3.63, 3.8) is 0 Å². The van der Waals surface area contributed by atoms with Crippen LogP contribution in [0, 0.1) is 0 Å². The molecule has 0 aliphatic heterocycles. The van der Waals surface area contributed by atoms with Crippen LogP contribution >= 0.6 is 23.2 Å². The number of halogens is 2. The summed E-state index contributed by atoms with van der Waals surface area (Å²) in [5, 5.41) is 3.60. The van der Waals surface area contributed by atoms with Gasteiger partial charge in [0.1, 0.15) is 18.3 Å². The average Bonchev–Trinajstić information content (AvgIpc) is 2.84. The Morgan fingerprint density at radius 2 is 1.59 bits per heavy atom. The number of ether oxygens (including phenoxy) is 1. The Hall–Kier alpha value is -2.49. The van der Waals surface area contributed by atoms with E-state index in [2.05, 4.69) is 5.32 Å². The summed E-state index contributed by atoms with van der Waals surface area (Å²) in [6.07, 6.45) is 2.04. The fourth-order valence-electron chi connectivity index (χ4n) is 3.70. The van der Waals surface area contributed by atoms with Gasteiger partial charge in [0.25, 0.3) is 0 Å². The monoisotopic (exact) mass is 571 g/mol. The van der Waals surface area contributed by atoms with Crippen molar-refractivity contribution >= 4 is 50.7 Å². The smallest absolute Gasteiger partial charge is 0.244 e. The molecule has 0 saturated heterocycles. The van der Waals surface area contributed by atoms with Gasteiger partial charge in [-0.3, -0.25) is 13.9 Å². The summed E-state index contributed by atoms with van der Waals surface area (Å²) in [5.74, 6) is -0.324. The van der Waals surface area contributed by atoms with E-state index in [4.69, 9.17) is 27.9 Å². The van der Waals surface area contributed by atoms with E-state index >= 15 is 0 Å². The molecular formula is C26H35Cl2N3O5S. The molecule has 0 aliphatic rings. The van der Waals surface area contributed by atoms with Crippen molar-refractivity contribution in [1.82, 2.24) is 10.2 Å². The van der Waals surface area contributed by atoms with Gasteiger partial charge in [-0.25, -0.2) is 8.42 Å². The molecule has 8 nitrogen and oxygen atoms in total. The number of rotatable bonds is 13. The molecule has 2 rings (SSSR count). The maximum Gasteiger partial charge on any atom is 0.244 e. The van der Waals surface area contributed by atoms with Crippen LogP contribution in [-0.4, -0.2) is 56.6 Å². The maximum atomic E-state index is 13.8. The molecular weight excluding hydrogens is 537 g/mol. The minimum absolute atomic E-state index is 0.0648. The molecule has 0 fully saturated rings. The van der Waals surface area contributed by atoms with Gasteiger partial charge in [-0.15, -0.1) is 0 Å². The van der Waals surface area contributed by atoms with Crippen LogP contribution in [0.5, 0.6) is 5.75 Å². The van der Waals surface area contributed by atoms with Crippen LogP contribution in [-0.2, 0) is 26.2 Å². The van der Waals surface area contributed by atoms with E-state index in [0.29, 0.717) is 46.5 Å². The van der Waals surface area contributed by atoms with Gasteiger partial charge in [0.05, 0.1) is 18.6 Å². The first-order chi connectivity index (χ1) is 17.4. The third kappa shape index (κ3) is 8.51. The predicted molar refractivity (Wildman–Crippen MR) is 149 cm³/mol. The summed E-state index contributed by atoms with van der Waals surface area (Å²) in [4.78, 5) is 28.3. The van der Waals surface area contributed by atoms with Crippen LogP contribution in [0.4, 0.5) is 5.69 Å². The molecule has 0 saturated carbocycles. The summed E-state index contributed by atoms with van der Waals surface area (Å²) in [6.45, 7) is 7.34. The van der Waals surface area contributed by atoms with Crippen LogP contribution < -0.4 is 14.4 Å². The highest BCUT2D eigenvalue weighted by Gasteiger charge is 2.33. The van der Waals surface area contributed by atoms with Crippen LogP contribution in [0.15, 0.2) is 42.5 Å². The standard InChI is InChI=1S/C26H35Cl2N3O5S/c1-6-18(4)29-26(33)24(7-2)30(16-21-22(27)10-9-11-23(21)28)25(32)17-31(37(5,34)35)19-12-14-20(15-13-19)36-8-3/h9-15,18,24H,6-8,16-17H2,1-5H3,(H,29,33)/t18-,24+/m1/s1. The second-order valence-electron chi connectivity index (χ2n) is 8.66. The largest absolute Gasteiger partial charge is 0.494 e. The Balaban J connectivity index is 2.48. The highest BCUT2D eigenvalue weighted by Crippen LogP contribution is 2.28. The van der Waals surface area contributed by atoms with Crippen LogP contribution in [0.3, 0.4) is 0 Å². The van der Waals surface area contributed by atoms with Gasteiger partial charge in [-0.05, 0) is 63.1 Å². The lowest BCUT2D eigenvalue weighted by molar-refractivity contribution is -0.140. The summed E-state index contributed by atoms with van der Waals surface area (Å²) in [7, 11) is -3.84. The first-order valence-electron chi connectivity index (χ1n) is 12.2. The SMILES string of the molecule is CCOc1ccc(N(CC(=O)N(Cc2c(Cl)cccc2Cl)[C@@H](CC)C(=O)N[C@H](C)CC)S(C)(=O)=O)cc1. The van der Waals surface area contributed by atoms with Crippen LogP contribution in [0.1, 0.15) is 46.1 Å². The van der Waals surface area contributed by atoms with E-state index in [1.165, 1.54) is 4.90 Å². The summed E-state index contributed by atoms with van der Waals surface area (Å²) in [6, 6.07) is 10.4. The Bertz CT molecular complexity index is 1150. The molecule has 2 atom stereocenters. The maximum absolute atomic E-state index is 13.8. The van der Waals surface area contributed by atoms with E-state index in [1.54, 1.807) is 49.4 Å². The average molecular weight is 573 g/mol. The molecule has 0 heterocycles. The number of sulfonamides is 1. The molecule has 11 heteroatoms. The van der Waals surface area contributed by atoms with Crippen LogP contribution in [0.2, 0.25) is 10.0 Å². The number of benzene rings is 2. The van der Waals surface area contributed by atoms with Crippen molar-refractivity contribution in [2.45, 2.75) is 59.2 Å². The lowest BCUT2D eigenvalue weighted by Gasteiger charge is -2.33. The van der Waals surface area contributed by atoms with Crippen molar-refractivity contribution in [2.75, 3.05) is 23.7 Å². The van der Waals surface area contributed by atoms with Crippen molar-refractivity contribution in [3.05, 3.63) is 58.1 Å². The number of anilines is 1. The number of carbonyl (C=O) groups excluding carboxylic acids is 2. The molecule has 0 bridgehead atoms. The van der Waals surface area contributed by atoms with Gasteiger partial charge >= 0.3 is 0 Å². The number of nitrogens with one attached hydrogen (secondary N) is 1. The third-order valence-corrected chi connectivity index (χ3v) is 7.74. The highest BCUT2D eigenvalue weighted by molar-refractivity contribution is 7.92. The molecule has 0 unspecified atom stereocenters. The lowest BCUT2D eigenvalue weighted by Crippen LogP contribution is -2.53. The first-order valence-corrected chi connectivity index (χ1v) is 14.8. The quantitative estimate of drug-likeness (QED) is 0.369. The molecule has 0 radical (unpaired) electrons. The Morgan fingerprint density at radius 3 is 2.08 bits per heavy atom. The fraction of sp³-hybridized carbons (Fsp3) is 0.462. The zero-order chi connectivity index (χ0) is 27.8. The van der Waals surface area contributed by atoms with E-state index in [0.717, 1.165) is 10.6 Å². The van der Waals surface area contributed by atoms with E-state index in [9.17, 15) is 18.0 Å². The normalized spacial score (nSPS) is 12.9. The summed E-state index contributed by atoms with van der Waals surface area (Å²) in [5.41, 5.74) is 0.771. The minimum Gasteiger partial charge on any atom is -0.494 e. The zero-order valence-electron chi connectivity index (χ0n) is 21.8. The Kier molecular flexibility index (Phi) is 11.5. The molecule has 37 heavy (non-hydrogen) atoms. The molecule has 2 amide bonds. The van der Waals surface area contributed by atoms with Crippen LogP contribution in [0.25, 0.3) is 0 Å². The highest BCUT2D eigenvalue weighted by atomic mass is 35.5. The van der Waals surface area contributed by atoms with Gasteiger partial charge < -0.3 is 15.0 Å². The zero-order valence-corrected chi connectivity index (χ0v) is 24.2. The van der Waals surface area contributed by atoms with Crippen molar-refractivity contribution in [1.29, 1.82) is 0 Å². The predicted octanol–water partition coefficient (Wildman–Crippen LogP) is 4.88. The second-order valence-corrected chi connectivity index (χ2v) is 11.4. The Morgan fingerprint density at radius 1 is 1.00 bits per heavy atom. The molecule has 0 aromatic heterocycles. The van der Waals surface area contributed by atoms with E-state index < -0.39 is 28.5 Å². The molecule has 2 aromatic carbocycles. The van der Waals surface area contributed by atoms with E-state index in [1.807, 2.05) is 20.8 Å². The number of amides is 2. The first kappa shape index (κ1) is 30.7. The number of nitrogens with zero attached hydrogens (tertiary/aromatic N) is 2. The number of carbonyl (C=O) groups is 2. The summed E-state index contributed by atoms with van der Waals surface area (Å²) >= 11 is 12.8. The molecule has 0 spiro atoms. The third-order valence-electron chi connectivity index (χ3n) is 5.89. The molecule has 204 valence electrons. The van der Waals surface area contributed by atoms with Crippen molar-refractivity contribution in [3.8, 4) is 5.75 Å². The van der Waals surface area contributed by atoms with Gasteiger partial charge in [0, 0.05) is 28.2 Å². The van der Waals surface area contributed by atoms with Gasteiger partial charge in [0.2, 0.25) is 21.8 Å². The molecule has 0 aliphatic carbocycles. The van der Waals surface area contributed by atoms with Gasteiger partial charge in [0.15, 0.2) is 0 Å². The molecule has 1 N–H and O–H groups in total. The van der Waals surface area contributed by atoms with Gasteiger partial charge in [-0.1, -0.05) is 43.1 Å². The topological polar surface area (TPSA) is 96.0 Å².